The molecule has 8 heteroatoms. The van der Waals surface area contributed by atoms with Gasteiger partial charge in [0.2, 0.25) is 0 Å². The Bertz CT molecular complexity index is 949. The van der Waals surface area contributed by atoms with E-state index in [9.17, 15) is 9.59 Å². The molecule has 31 heavy (non-hydrogen) atoms. The van der Waals surface area contributed by atoms with E-state index < -0.39 is 5.91 Å². The number of methoxy groups -OCH3 is 3. The number of carbonyl (C=O) groups excluding carboxylic acids is 2. The lowest BCUT2D eigenvalue weighted by Gasteiger charge is -2.28. The van der Waals surface area contributed by atoms with Crippen LogP contribution in [-0.4, -0.2) is 64.3 Å². The lowest BCUT2D eigenvalue weighted by molar-refractivity contribution is -0.131. The summed E-state index contributed by atoms with van der Waals surface area (Å²) in [4.78, 5) is 27.7. The van der Waals surface area contributed by atoms with E-state index in [1.54, 1.807) is 48.4 Å². The molecule has 2 aromatic carbocycles. The average Bonchev–Trinajstić information content (AvgIpc) is 2.83. The number of hydrogen-bond donors (Lipinski definition) is 1. The molecule has 2 amide bonds. The normalized spacial score (nSPS) is 14.0. The standard InChI is InChI=1S/C23H26N2O6/c1-28-18-7-4-16(5-8-18)14-19(23(27)25-10-12-31-13-11-25)24-22(26)17-6-9-20(29-2)21(15-17)30-3/h4-9,14-15H,10-13H2,1-3H3,(H,24,26). The topological polar surface area (TPSA) is 86.3 Å². The molecule has 1 N–H and O–H groups in total. The van der Waals surface area contributed by atoms with Crippen molar-refractivity contribution < 1.29 is 28.5 Å². The van der Waals surface area contributed by atoms with Gasteiger partial charge in [-0.3, -0.25) is 9.59 Å². The molecule has 1 fully saturated rings. The first kappa shape index (κ1) is 22.2. The molecule has 2 aromatic rings. The van der Waals surface area contributed by atoms with Crippen LogP contribution in [0.15, 0.2) is 48.2 Å². The predicted octanol–water partition coefficient (Wildman–Crippen LogP) is 2.34. The molecule has 0 saturated carbocycles. The Morgan fingerprint density at radius 2 is 1.61 bits per heavy atom. The SMILES string of the molecule is COc1ccc(C=C(NC(=O)c2ccc(OC)c(OC)c2)C(=O)N2CCOCC2)cc1. The third-order valence-electron chi connectivity index (χ3n) is 4.85. The minimum absolute atomic E-state index is 0.173. The molecular weight excluding hydrogens is 400 g/mol. The lowest BCUT2D eigenvalue weighted by Crippen LogP contribution is -2.44. The van der Waals surface area contributed by atoms with Gasteiger partial charge < -0.3 is 29.2 Å². The molecule has 0 radical (unpaired) electrons. The fourth-order valence-corrected chi connectivity index (χ4v) is 3.13. The van der Waals surface area contributed by atoms with Gasteiger partial charge >= 0.3 is 0 Å². The molecule has 1 saturated heterocycles. The molecule has 0 aromatic heterocycles. The highest BCUT2D eigenvalue weighted by Gasteiger charge is 2.23. The van der Waals surface area contributed by atoms with Gasteiger partial charge in [-0.25, -0.2) is 0 Å². The van der Waals surface area contributed by atoms with Gasteiger partial charge in [0.15, 0.2) is 11.5 Å². The summed E-state index contributed by atoms with van der Waals surface area (Å²) >= 11 is 0. The highest BCUT2D eigenvalue weighted by molar-refractivity contribution is 6.05. The van der Waals surface area contributed by atoms with Crippen molar-refractivity contribution >= 4 is 17.9 Å². The largest absolute Gasteiger partial charge is 0.497 e. The molecule has 0 bridgehead atoms. The highest BCUT2D eigenvalue weighted by atomic mass is 16.5. The second-order valence-corrected chi connectivity index (χ2v) is 6.76. The molecular formula is C23H26N2O6. The van der Waals surface area contributed by atoms with E-state index in [4.69, 9.17) is 18.9 Å². The third kappa shape index (κ3) is 5.55. The number of nitrogens with zero attached hydrogens (tertiary/aromatic N) is 1. The van der Waals surface area contributed by atoms with E-state index in [1.165, 1.54) is 14.2 Å². The van der Waals surface area contributed by atoms with Crippen molar-refractivity contribution in [3.8, 4) is 17.2 Å². The summed E-state index contributed by atoms with van der Waals surface area (Å²) in [6, 6.07) is 12.0. The van der Waals surface area contributed by atoms with E-state index in [0.29, 0.717) is 49.1 Å². The molecule has 8 nitrogen and oxygen atoms in total. The summed E-state index contributed by atoms with van der Waals surface area (Å²) in [7, 11) is 4.60. The first-order valence-electron chi connectivity index (χ1n) is 9.82. The Balaban J connectivity index is 1.88. The Labute approximate surface area is 181 Å². The van der Waals surface area contributed by atoms with Crippen LogP contribution in [0.25, 0.3) is 6.08 Å². The van der Waals surface area contributed by atoms with Crippen molar-refractivity contribution in [2.45, 2.75) is 0 Å². The fourth-order valence-electron chi connectivity index (χ4n) is 3.13. The molecule has 1 aliphatic rings. The van der Waals surface area contributed by atoms with Gasteiger partial charge in [0.05, 0.1) is 34.5 Å². The minimum Gasteiger partial charge on any atom is -0.497 e. The van der Waals surface area contributed by atoms with Crippen molar-refractivity contribution in [1.29, 1.82) is 0 Å². The molecule has 164 valence electrons. The summed E-state index contributed by atoms with van der Waals surface area (Å²) in [6.45, 7) is 1.85. The summed E-state index contributed by atoms with van der Waals surface area (Å²) < 4.78 is 21.0. The average molecular weight is 426 g/mol. The van der Waals surface area contributed by atoms with Gasteiger partial charge in [-0.1, -0.05) is 12.1 Å². The third-order valence-corrected chi connectivity index (χ3v) is 4.85. The van der Waals surface area contributed by atoms with E-state index in [-0.39, 0.29) is 11.6 Å². The molecule has 0 atom stereocenters. The first-order chi connectivity index (χ1) is 15.0. The Kier molecular flexibility index (Phi) is 7.50. The second-order valence-electron chi connectivity index (χ2n) is 6.76. The molecule has 0 aliphatic carbocycles. The van der Waals surface area contributed by atoms with Crippen LogP contribution in [-0.2, 0) is 9.53 Å². The Hall–Kier alpha value is -3.52. The summed E-state index contributed by atoms with van der Waals surface area (Å²) in [5.74, 6) is 0.940. The molecule has 1 heterocycles. The quantitative estimate of drug-likeness (QED) is 0.684. The van der Waals surface area contributed by atoms with Crippen molar-refractivity contribution in [2.24, 2.45) is 0 Å². The van der Waals surface area contributed by atoms with Crippen molar-refractivity contribution in [3.63, 3.8) is 0 Å². The van der Waals surface area contributed by atoms with Crippen LogP contribution < -0.4 is 19.5 Å². The van der Waals surface area contributed by atoms with Crippen LogP contribution in [0.3, 0.4) is 0 Å². The second kappa shape index (κ2) is 10.5. The van der Waals surface area contributed by atoms with Crippen molar-refractivity contribution in [2.75, 3.05) is 47.6 Å². The number of hydrogen-bond acceptors (Lipinski definition) is 6. The number of carbonyl (C=O) groups is 2. The van der Waals surface area contributed by atoms with Crippen LogP contribution in [0.1, 0.15) is 15.9 Å². The van der Waals surface area contributed by atoms with Crippen molar-refractivity contribution in [1.82, 2.24) is 10.2 Å². The smallest absolute Gasteiger partial charge is 0.270 e. The number of morpholine rings is 1. The lowest BCUT2D eigenvalue weighted by atomic mass is 10.1. The maximum absolute atomic E-state index is 13.1. The molecule has 0 unspecified atom stereocenters. The van der Waals surface area contributed by atoms with E-state index in [2.05, 4.69) is 5.32 Å². The maximum Gasteiger partial charge on any atom is 0.270 e. The zero-order valence-corrected chi connectivity index (χ0v) is 17.8. The number of benzene rings is 2. The maximum atomic E-state index is 13.1. The van der Waals surface area contributed by atoms with Crippen LogP contribution in [0.2, 0.25) is 0 Å². The molecule has 3 rings (SSSR count). The number of nitrogens with one attached hydrogen (secondary N) is 1. The summed E-state index contributed by atoms with van der Waals surface area (Å²) in [6.07, 6.45) is 1.65. The zero-order chi connectivity index (χ0) is 22.2. The van der Waals surface area contributed by atoms with Crippen LogP contribution in [0, 0.1) is 0 Å². The van der Waals surface area contributed by atoms with Gasteiger partial charge in [0.1, 0.15) is 11.4 Å². The molecule has 1 aliphatic heterocycles. The fraction of sp³-hybridized carbons (Fsp3) is 0.304. The number of amides is 2. The minimum atomic E-state index is -0.428. The van der Waals surface area contributed by atoms with Crippen molar-refractivity contribution in [3.05, 3.63) is 59.3 Å². The Morgan fingerprint density at radius 1 is 0.935 bits per heavy atom. The monoisotopic (exact) mass is 426 g/mol. The van der Waals surface area contributed by atoms with Gasteiger partial charge in [-0.15, -0.1) is 0 Å². The van der Waals surface area contributed by atoms with Gasteiger partial charge in [-0.05, 0) is 42.0 Å². The van der Waals surface area contributed by atoms with Crippen LogP contribution in [0.5, 0.6) is 17.2 Å². The zero-order valence-electron chi connectivity index (χ0n) is 17.8. The van der Waals surface area contributed by atoms with E-state index >= 15 is 0 Å². The summed E-state index contributed by atoms with van der Waals surface area (Å²) in [5, 5.41) is 2.76. The van der Waals surface area contributed by atoms with Crippen LogP contribution in [0.4, 0.5) is 0 Å². The van der Waals surface area contributed by atoms with Gasteiger partial charge in [-0.2, -0.15) is 0 Å². The number of ether oxygens (including phenoxy) is 4. The van der Waals surface area contributed by atoms with E-state index in [0.717, 1.165) is 5.56 Å². The number of rotatable bonds is 7. The van der Waals surface area contributed by atoms with E-state index in [1.807, 2.05) is 12.1 Å². The van der Waals surface area contributed by atoms with Crippen LogP contribution >= 0.6 is 0 Å². The van der Waals surface area contributed by atoms with Gasteiger partial charge in [0, 0.05) is 18.7 Å². The Morgan fingerprint density at radius 3 is 2.23 bits per heavy atom. The molecule has 0 spiro atoms. The predicted molar refractivity (Wildman–Crippen MR) is 115 cm³/mol. The first-order valence-corrected chi connectivity index (χ1v) is 9.82. The van der Waals surface area contributed by atoms with Gasteiger partial charge in [0.25, 0.3) is 11.8 Å². The summed E-state index contributed by atoms with van der Waals surface area (Å²) in [5.41, 5.74) is 1.27. The highest BCUT2D eigenvalue weighted by Crippen LogP contribution is 2.27.